The van der Waals surface area contributed by atoms with E-state index in [0.29, 0.717) is 0 Å². The van der Waals surface area contributed by atoms with E-state index >= 15 is 0 Å². The Kier molecular flexibility index (Phi) is 4.38. The summed E-state index contributed by atoms with van der Waals surface area (Å²) >= 11 is 1.65. The van der Waals surface area contributed by atoms with Gasteiger partial charge in [0.2, 0.25) is 0 Å². The van der Waals surface area contributed by atoms with Gasteiger partial charge in [0.05, 0.1) is 6.10 Å². The van der Waals surface area contributed by atoms with Gasteiger partial charge in [-0.3, -0.25) is 0 Å². The number of rotatable bonds is 4. The van der Waals surface area contributed by atoms with Crippen LogP contribution in [0.15, 0.2) is 17.5 Å². The maximum absolute atomic E-state index is 9.99. The lowest BCUT2D eigenvalue weighted by molar-refractivity contribution is 0.124. The maximum atomic E-state index is 9.99. The van der Waals surface area contributed by atoms with Crippen LogP contribution in [-0.4, -0.2) is 29.6 Å². The fourth-order valence-corrected chi connectivity index (χ4v) is 3.16. The molecule has 1 aliphatic rings. The fraction of sp³-hybridized carbons (Fsp3) is 0.692. The molecule has 2 unspecified atom stereocenters. The van der Waals surface area contributed by atoms with Crippen molar-refractivity contribution >= 4 is 11.3 Å². The van der Waals surface area contributed by atoms with Gasteiger partial charge >= 0.3 is 0 Å². The Labute approximate surface area is 102 Å². The third kappa shape index (κ3) is 3.30. The van der Waals surface area contributed by atoms with Crippen molar-refractivity contribution in [2.24, 2.45) is 5.92 Å². The zero-order valence-corrected chi connectivity index (χ0v) is 10.7. The van der Waals surface area contributed by atoms with Crippen molar-refractivity contribution in [1.82, 2.24) is 4.90 Å². The van der Waals surface area contributed by atoms with E-state index in [0.717, 1.165) is 23.8 Å². The largest absolute Gasteiger partial charge is 0.388 e. The summed E-state index contributed by atoms with van der Waals surface area (Å²) in [4.78, 5) is 3.59. The number of nitrogens with zero attached hydrogens (tertiary/aromatic N) is 1. The minimum absolute atomic E-state index is 0.266. The number of piperidine rings is 1. The van der Waals surface area contributed by atoms with E-state index in [1.165, 1.54) is 25.9 Å². The van der Waals surface area contributed by atoms with E-state index in [2.05, 4.69) is 11.8 Å². The van der Waals surface area contributed by atoms with Gasteiger partial charge in [-0.2, -0.15) is 0 Å². The van der Waals surface area contributed by atoms with Gasteiger partial charge in [-0.15, -0.1) is 11.3 Å². The van der Waals surface area contributed by atoms with E-state index in [9.17, 15) is 5.11 Å². The molecule has 2 rings (SSSR count). The van der Waals surface area contributed by atoms with Gasteiger partial charge in [-0.05, 0) is 43.2 Å². The molecule has 0 amide bonds. The molecule has 0 aromatic carbocycles. The highest BCUT2D eigenvalue weighted by molar-refractivity contribution is 7.10. The van der Waals surface area contributed by atoms with Gasteiger partial charge in [0.1, 0.15) is 0 Å². The van der Waals surface area contributed by atoms with Gasteiger partial charge < -0.3 is 10.0 Å². The molecule has 1 N–H and O–H groups in total. The molecule has 2 heterocycles. The first-order valence-electron chi connectivity index (χ1n) is 6.19. The first-order valence-corrected chi connectivity index (χ1v) is 7.07. The van der Waals surface area contributed by atoms with Crippen LogP contribution in [0.3, 0.4) is 0 Å². The number of likely N-dealkylation sites (tertiary alicyclic amines) is 1. The van der Waals surface area contributed by atoms with Crippen LogP contribution in [0.4, 0.5) is 0 Å². The third-order valence-corrected chi connectivity index (χ3v) is 4.31. The van der Waals surface area contributed by atoms with Crippen molar-refractivity contribution in [1.29, 1.82) is 0 Å². The average Bonchev–Trinajstić information content (AvgIpc) is 2.79. The molecule has 0 aliphatic carbocycles. The monoisotopic (exact) mass is 239 g/mol. The van der Waals surface area contributed by atoms with E-state index in [1.54, 1.807) is 11.3 Å². The number of hydrogen-bond acceptors (Lipinski definition) is 3. The van der Waals surface area contributed by atoms with E-state index < -0.39 is 0 Å². The van der Waals surface area contributed by atoms with Crippen LogP contribution in [0.5, 0.6) is 0 Å². The zero-order valence-electron chi connectivity index (χ0n) is 9.93. The second-order valence-corrected chi connectivity index (χ2v) is 5.85. The summed E-state index contributed by atoms with van der Waals surface area (Å²) in [5, 5.41) is 12.0. The van der Waals surface area contributed by atoms with Crippen LogP contribution in [0.25, 0.3) is 0 Å². The van der Waals surface area contributed by atoms with E-state index in [-0.39, 0.29) is 6.10 Å². The Bertz CT molecular complexity index is 299. The number of hydrogen-bond donors (Lipinski definition) is 1. The Morgan fingerprint density at radius 2 is 2.50 bits per heavy atom. The number of thiophene rings is 1. The molecule has 0 saturated carbocycles. The molecule has 0 radical (unpaired) electrons. The van der Waals surface area contributed by atoms with Gasteiger partial charge in [0.15, 0.2) is 0 Å². The molecule has 1 aromatic rings. The number of aliphatic hydroxyl groups excluding tert-OH is 1. The summed E-state index contributed by atoms with van der Waals surface area (Å²) in [5.41, 5.74) is 0. The molecule has 1 saturated heterocycles. The highest BCUT2D eigenvalue weighted by Crippen LogP contribution is 2.23. The third-order valence-electron chi connectivity index (χ3n) is 3.33. The molecule has 0 bridgehead atoms. The maximum Gasteiger partial charge on any atom is 0.0894 e. The molecule has 0 spiro atoms. The Morgan fingerprint density at radius 1 is 1.62 bits per heavy atom. The minimum atomic E-state index is -0.266. The molecule has 1 fully saturated rings. The summed E-state index contributed by atoms with van der Waals surface area (Å²) in [6, 6.07) is 4.03. The van der Waals surface area contributed by atoms with Gasteiger partial charge in [-0.25, -0.2) is 0 Å². The van der Waals surface area contributed by atoms with Gasteiger partial charge in [0, 0.05) is 18.0 Å². The highest BCUT2D eigenvalue weighted by Gasteiger charge is 2.17. The second-order valence-electron chi connectivity index (χ2n) is 4.87. The summed E-state index contributed by atoms with van der Waals surface area (Å²) in [6.45, 7) is 5.77. The van der Waals surface area contributed by atoms with Crippen LogP contribution in [-0.2, 0) is 0 Å². The van der Waals surface area contributed by atoms with Gasteiger partial charge in [-0.1, -0.05) is 13.0 Å². The molecular weight excluding hydrogens is 218 g/mol. The van der Waals surface area contributed by atoms with Crippen LogP contribution < -0.4 is 0 Å². The quantitative estimate of drug-likeness (QED) is 0.873. The molecule has 90 valence electrons. The molecule has 1 aromatic heterocycles. The Hall–Kier alpha value is -0.380. The summed E-state index contributed by atoms with van der Waals surface area (Å²) in [7, 11) is 0. The molecular formula is C13H21NOS. The predicted molar refractivity (Wildman–Crippen MR) is 68.7 cm³/mol. The summed E-state index contributed by atoms with van der Waals surface area (Å²) in [5.74, 6) is 0.827. The predicted octanol–water partition coefficient (Wildman–Crippen LogP) is 2.90. The average molecular weight is 239 g/mol. The Morgan fingerprint density at radius 3 is 3.19 bits per heavy atom. The lowest BCUT2D eigenvalue weighted by Crippen LogP contribution is -2.35. The molecule has 2 nitrogen and oxygen atoms in total. The normalized spacial score (nSPS) is 24.5. The molecule has 16 heavy (non-hydrogen) atoms. The summed E-state index contributed by atoms with van der Waals surface area (Å²) < 4.78 is 0. The summed E-state index contributed by atoms with van der Waals surface area (Å²) in [6.07, 6.45) is 3.28. The van der Waals surface area contributed by atoms with Crippen molar-refractivity contribution in [2.75, 3.05) is 19.6 Å². The molecule has 3 heteroatoms. The fourth-order valence-electron chi connectivity index (χ4n) is 2.42. The standard InChI is InChI=1S/C13H21NOS/c1-11-4-2-7-14(10-11)8-6-12(15)13-5-3-9-16-13/h3,5,9,11-12,15H,2,4,6-8,10H2,1H3. The lowest BCUT2D eigenvalue weighted by Gasteiger charge is -2.31. The SMILES string of the molecule is CC1CCCN(CCC(O)c2cccs2)C1. The van der Waals surface area contributed by atoms with Crippen molar-refractivity contribution < 1.29 is 5.11 Å². The first kappa shape index (κ1) is 12.1. The van der Waals surface area contributed by atoms with Crippen LogP contribution >= 0.6 is 11.3 Å². The molecule has 2 atom stereocenters. The number of aliphatic hydroxyl groups is 1. The van der Waals surface area contributed by atoms with Crippen molar-refractivity contribution in [3.63, 3.8) is 0 Å². The van der Waals surface area contributed by atoms with Crippen LogP contribution in [0.1, 0.15) is 37.2 Å². The minimum Gasteiger partial charge on any atom is -0.388 e. The van der Waals surface area contributed by atoms with Crippen molar-refractivity contribution in [3.8, 4) is 0 Å². The van der Waals surface area contributed by atoms with Crippen LogP contribution in [0, 0.1) is 5.92 Å². The van der Waals surface area contributed by atoms with Crippen LogP contribution in [0.2, 0.25) is 0 Å². The molecule has 1 aliphatic heterocycles. The smallest absolute Gasteiger partial charge is 0.0894 e. The lowest BCUT2D eigenvalue weighted by atomic mass is 10.00. The van der Waals surface area contributed by atoms with Crippen molar-refractivity contribution in [2.45, 2.75) is 32.3 Å². The zero-order chi connectivity index (χ0) is 11.4. The van der Waals surface area contributed by atoms with E-state index in [1.807, 2.05) is 17.5 Å². The second kappa shape index (κ2) is 5.80. The highest BCUT2D eigenvalue weighted by atomic mass is 32.1. The first-order chi connectivity index (χ1) is 7.75. The van der Waals surface area contributed by atoms with Crippen molar-refractivity contribution in [3.05, 3.63) is 22.4 Å². The Balaban J connectivity index is 1.74. The van der Waals surface area contributed by atoms with Gasteiger partial charge in [0.25, 0.3) is 0 Å². The van der Waals surface area contributed by atoms with E-state index in [4.69, 9.17) is 0 Å². The topological polar surface area (TPSA) is 23.5 Å².